The number of rotatable bonds is 20. The lowest BCUT2D eigenvalue weighted by molar-refractivity contribution is 0.290. The van der Waals surface area contributed by atoms with Crippen LogP contribution in [-0.2, 0) is 0 Å². The Hall–Kier alpha value is -0.860. The highest BCUT2D eigenvalue weighted by Crippen LogP contribution is 2.28. The maximum absolute atomic E-state index is 2.36. The Morgan fingerprint density at radius 3 is 1.32 bits per heavy atom. The van der Waals surface area contributed by atoms with E-state index in [9.17, 15) is 0 Å². The fourth-order valence-corrected chi connectivity index (χ4v) is 5.06. The second-order valence-electron chi connectivity index (χ2n) is 9.59. The van der Waals surface area contributed by atoms with Gasteiger partial charge in [0, 0.05) is 5.56 Å². The van der Waals surface area contributed by atoms with Crippen LogP contribution in [0.3, 0.4) is 0 Å². The fraction of sp³-hybridized carbons (Fsp3) is 0.793. The molecule has 1 N–H and O–H groups in total. The van der Waals surface area contributed by atoms with Gasteiger partial charge in [-0.3, -0.25) is 4.48 Å². The van der Waals surface area contributed by atoms with Crippen molar-refractivity contribution >= 4 is 5.69 Å². The van der Waals surface area contributed by atoms with Crippen LogP contribution in [0.15, 0.2) is 24.3 Å². The summed E-state index contributed by atoms with van der Waals surface area (Å²) in [6, 6.07) is 9.03. The molecule has 0 aliphatic carbocycles. The third-order valence-electron chi connectivity index (χ3n) is 7.28. The van der Waals surface area contributed by atoms with Gasteiger partial charge in [-0.25, -0.2) is 0 Å². The first-order chi connectivity index (χ1) is 14.7. The zero-order valence-corrected chi connectivity index (χ0v) is 21.6. The molecule has 0 fully saturated rings. The maximum atomic E-state index is 2.36. The van der Waals surface area contributed by atoms with Crippen molar-refractivity contribution in [3.05, 3.63) is 29.8 Å². The lowest BCUT2D eigenvalue weighted by atomic mass is 10.0. The molecular weight excluding hydrogens is 378 g/mol. The number of para-hydroxylation sites is 1. The summed E-state index contributed by atoms with van der Waals surface area (Å²) in [6.45, 7) is 13.0. The van der Waals surface area contributed by atoms with E-state index in [4.69, 9.17) is 0 Å². The number of nitrogens with zero attached hydrogens (tertiary/aromatic N) is 1. The molecule has 31 heavy (non-hydrogen) atoms. The summed E-state index contributed by atoms with van der Waals surface area (Å²) in [7, 11) is 0. The minimum atomic E-state index is 0. The average molecular weight is 434 g/mol. The number of hydrogen-bond acceptors (Lipinski definition) is 1. The number of benzene rings is 1. The molecule has 1 aromatic carbocycles. The van der Waals surface area contributed by atoms with Gasteiger partial charge < -0.3 is 5.48 Å². The number of unbranched alkanes of at least 4 members (excludes halogenated alkanes) is 15. The molecule has 0 saturated heterocycles. The molecule has 0 spiro atoms. The zero-order valence-electron chi connectivity index (χ0n) is 21.6. The van der Waals surface area contributed by atoms with E-state index in [2.05, 4.69) is 52.0 Å². The second kappa shape index (κ2) is 19.8. The van der Waals surface area contributed by atoms with Crippen LogP contribution in [-0.4, -0.2) is 25.1 Å². The van der Waals surface area contributed by atoms with Crippen LogP contribution in [0, 0.1) is 6.92 Å². The normalized spacial score (nSPS) is 11.5. The van der Waals surface area contributed by atoms with Crippen molar-refractivity contribution in [3.8, 4) is 0 Å². The Morgan fingerprint density at radius 1 is 0.548 bits per heavy atom. The van der Waals surface area contributed by atoms with Crippen molar-refractivity contribution < 1.29 is 5.48 Å². The van der Waals surface area contributed by atoms with Gasteiger partial charge >= 0.3 is 0 Å². The first-order valence-electron chi connectivity index (χ1n) is 13.6. The van der Waals surface area contributed by atoms with Crippen LogP contribution in [0.5, 0.6) is 0 Å². The van der Waals surface area contributed by atoms with Crippen LogP contribution >= 0.6 is 0 Å². The molecule has 0 aromatic heterocycles. The Morgan fingerprint density at radius 2 is 0.935 bits per heavy atom. The van der Waals surface area contributed by atoms with Gasteiger partial charge in [0.15, 0.2) is 0 Å². The van der Waals surface area contributed by atoms with Crippen molar-refractivity contribution in [2.75, 3.05) is 19.6 Å². The van der Waals surface area contributed by atoms with Gasteiger partial charge in [-0.1, -0.05) is 115 Å². The second-order valence-corrected chi connectivity index (χ2v) is 9.59. The highest BCUT2D eigenvalue weighted by molar-refractivity contribution is 5.49. The molecule has 0 saturated carbocycles. The van der Waals surface area contributed by atoms with E-state index in [0.717, 1.165) is 4.48 Å². The number of quaternary nitrogens is 1. The van der Waals surface area contributed by atoms with Gasteiger partial charge in [0.25, 0.3) is 0 Å². The summed E-state index contributed by atoms with van der Waals surface area (Å²) in [5.41, 5.74) is 3.00. The summed E-state index contributed by atoms with van der Waals surface area (Å²) in [4.78, 5) is 0. The van der Waals surface area contributed by atoms with Crippen LogP contribution in [0.4, 0.5) is 5.69 Å². The molecule has 1 rings (SSSR count). The lowest BCUT2D eigenvalue weighted by Crippen LogP contribution is -2.50. The largest absolute Gasteiger partial charge is 0.870 e. The summed E-state index contributed by atoms with van der Waals surface area (Å²) >= 11 is 0. The van der Waals surface area contributed by atoms with Gasteiger partial charge in [-0.15, -0.1) is 0 Å². The van der Waals surface area contributed by atoms with Gasteiger partial charge in [0.05, 0.1) is 19.6 Å². The third kappa shape index (κ3) is 12.7. The molecule has 0 aliphatic heterocycles. The smallest absolute Gasteiger partial charge is 0.135 e. The monoisotopic (exact) mass is 433 g/mol. The average Bonchev–Trinajstić information content (AvgIpc) is 2.77. The Balaban J connectivity index is 0.00000900. The highest BCUT2D eigenvalue weighted by atomic mass is 16.0. The van der Waals surface area contributed by atoms with Crippen molar-refractivity contribution in [3.63, 3.8) is 0 Å². The van der Waals surface area contributed by atoms with Gasteiger partial charge in [0.1, 0.15) is 5.69 Å². The molecule has 1 aromatic rings. The summed E-state index contributed by atoms with van der Waals surface area (Å²) in [6.07, 6.45) is 23.1. The lowest BCUT2D eigenvalue weighted by Gasteiger charge is -2.37. The van der Waals surface area contributed by atoms with Crippen molar-refractivity contribution in [2.24, 2.45) is 0 Å². The van der Waals surface area contributed by atoms with E-state index >= 15 is 0 Å². The molecule has 2 nitrogen and oxygen atoms in total. The first-order valence-corrected chi connectivity index (χ1v) is 13.6. The fourth-order valence-electron chi connectivity index (χ4n) is 5.06. The van der Waals surface area contributed by atoms with E-state index in [1.54, 1.807) is 5.69 Å². The van der Waals surface area contributed by atoms with Gasteiger partial charge in [-0.05, 0) is 39.7 Å². The molecule has 2 heteroatoms. The van der Waals surface area contributed by atoms with Crippen LogP contribution in [0.25, 0.3) is 0 Å². The molecule has 0 bridgehead atoms. The van der Waals surface area contributed by atoms with Crippen LogP contribution < -0.4 is 4.48 Å². The van der Waals surface area contributed by atoms with Crippen molar-refractivity contribution in [1.29, 1.82) is 0 Å². The maximum Gasteiger partial charge on any atom is 0.135 e. The van der Waals surface area contributed by atoms with Crippen LogP contribution in [0.2, 0.25) is 0 Å². The van der Waals surface area contributed by atoms with E-state index in [1.165, 1.54) is 128 Å². The third-order valence-corrected chi connectivity index (χ3v) is 7.28. The number of aryl methyl sites for hydroxylation is 1. The Bertz CT molecular complexity index is 509. The summed E-state index contributed by atoms with van der Waals surface area (Å²) in [5, 5.41) is 0. The highest BCUT2D eigenvalue weighted by Gasteiger charge is 2.27. The summed E-state index contributed by atoms with van der Waals surface area (Å²) in [5.74, 6) is 0. The Kier molecular flexibility index (Phi) is 19.2. The summed E-state index contributed by atoms with van der Waals surface area (Å²) < 4.78 is 1.16. The predicted molar refractivity (Wildman–Crippen MR) is 140 cm³/mol. The van der Waals surface area contributed by atoms with Gasteiger partial charge in [-0.2, -0.15) is 0 Å². The molecule has 182 valence electrons. The molecule has 0 aliphatic rings. The minimum Gasteiger partial charge on any atom is -0.870 e. The zero-order chi connectivity index (χ0) is 21.9. The molecule has 0 amide bonds. The molecule has 0 unspecified atom stereocenters. The molecule has 0 heterocycles. The van der Waals surface area contributed by atoms with Crippen LogP contribution in [0.1, 0.15) is 129 Å². The topological polar surface area (TPSA) is 30.0 Å². The first kappa shape index (κ1) is 30.1. The van der Waals surface area contributed by atoms with Gasteiger partial charge in [0.2, 0.25) is 0 Å². The van der Waals surface area contributed by atoms with E-state index in [0.29, 0.717) is 0 Å². The molecule has 0 atom stereocenters. The van der Waals surface area contributed by atoms with E-state index in [-0.39, 0.29) is 5.48 Å². The van der Waals surface area contributed by atoms with E-state index in [1.807, 2.05) is 0 Å². The molecular formula is C29H55NO. The SMILES string of the molecule is CCCCCCCCCCCCCCCCCC[N+](CC)(CC)c1ccccc1C.[OH-]. The quantitative estimate of drug-likeness (QED) is 0.149. The Labute approximate surface area is 195 Å². The predicted octanol–water partition coefficient (Wildman–Crippen LogP) is 9.43. The van der Waals surface area contributed by atoms with Crippen molar-refractivity contribution in [2.45, 2.75) is 130 Å². The van der Waals surface area contributed by atoms with Crippen molar-refractivity contribution in [1.82, 2.24) is 4.48 Å². The van der Waals surface area contributed by atoms with E-state index < -0.39 is 0 Å². The standard InChI is InChI=1S/C29H54N.H2O/c1-5-8-9-10-11-12-13-14-15-16-17-18-19-20-21-24-27-30(6-2,7-3)29-26-23-22-25-28(29)4;/h22-23,25-26H,5-21,24,27H2,1-4H3;1H2/q+1;/p-1. The minimum absolute atomic E-state index is 0. The molecule has 0 radical (unpaired) electrons. The number of hydrogen-bond donors (Lipinski definition) is 0.